The average molecular weight is 227 g/mol. The Morgan fingerprint density at radius 1 is 1.53 bits per heavy atom. The molecule has 2 nitrogen and oxygen atoms in total. The van der Waals surface area contributed by atoms with Crippen LogP contribution in [0.15, 0.2) is 18.2 Å². The molecule has 82 valence electrons. The number of aryl methyl sites for hydroxylation is 1. The Labute approximate surface area is 95.2 Å². The van der Waals surface area contributed by atoms with Crippen molar-refractivity contribution < 1.29 is 9.53 Å². The first-order valence-corrected chi connectivity index (χ1v) is 5.25. The van der Waals surface area contributed by atoms with Gasteiger partial charge in [-0.3, -0.25) is 4.79 Å². The SMILES string of the molecule is COc1ccc(C)cc1C(C)CC(=O)Cl. The number of halogens is 1. The second kappa shape index (κ2) is 5.17. The molecule has 15 heavy (non-hydrogen) atoms. The molecule has 0 aliphatic carbocycles. The number of ether oxygens (including phenoxy) is 1. The fourth-order valence-corrected chi connectivity index (χ4v) is 1.82. The summed E-state index contributed by atoms with van der Waals surface area (Å²) in [6.07, 6.45) is 0.335. The van der Waals surface area contributed by atoms with E-state index in [1.54, 1.807) is 7.11 Å². The van der Waals surface area contributed by atoms with Crippen molar-refractivity contribution in [2.24, 2.45) is 0 Å². The molecule has 0 saturated carbocycles. The molecule has 0 fully saturated rings. The first-order chi connectivity index (χ1) is 7.04. The van der Waals surface area contributed by atoms with Crippen molar-refractivity contribution >= 4 is 16.8 Å². The molecule has 3 heteroatoms. The third-order valence-corrected chi connectivity index (χ3v) is 2.54. The molecule has 0 aliphatic heterocycles. The fraction of sp³-hybridized carbons (Fsp3) is 0.417. The Hall–Kier alpha value is -1.02. The van der Waals surface area contributed by atoms with E-state index in [2.05, 4.69) is 0 Å². The molecule has 1 aromatic carbocycles. The van der Waals surface area contributed by atoms with Gasteiger partial charge in [0.25, 0.3) is 0 Å². The summed E-state index contributed by atoms with van der Waals surface area (Å²) in [5, 5.41) is -0.314. The van der Waals surface area contributed by atoms with Crippen LogP contribution in [0.2, 0.25) is 0 Å². The number of carbonyl (C=O) groups is 1. The fourth-order valence-electron chi connectivity index (χ4n) is 1.59. The maximum atomic E-state index is 10.8. The van der Waals surface area contributed by atoms with Gasteiger partial charge in [0, 0.05) is 6.42 Å². The molecule has 0 aromatic heterocycles. The van der Waals surface area contributed by atoms with E-state index in [0.717, 1.165) is 16.9 Å². The quantitative estimate of drug-likeness (QED) is 0.737. The lowest BCUT2D eigenvalue weighted by Crippen LogP contribution is -2.01. The third kappa shape index (κ3) is 3.24. The van der Waals surface area contributed by atoms with Crippen LogP contribution in [-0.4, -0.2) is 12.4 Å². The molecule has 0 spiro atoms. The highest BCUT2D eigenvalue weighted by atomic mass is 35.5. The van der Waals surface area contributed by atoms with Crippen molar-refractivity contribution in [1.82, 2.24) is 0 Å². The Morgan fingerprint density at radius 3 is 2.73 bits per heavy atom. The van der Waals surface area contributed by atoms with E-state index in [1.807, 2.05) is 32.0 Å². The maximum Gasteiger partial charge on any atom is 0.222 e. The van der Waals surface area contributed by atoms with Gasteiger partial charge in [-0.25, -0.2) is 0 Å². The topological polar surface area (TPSA) is 26.3 Å². The van der Waals surface area contributed by atoms with Crippen molar-refractivity contribution in [2.75, 3.05) is 7.11 Å². The standard InChI is InChI=1S/C12H15ClO2/c1-8-4-5-11(15-3)10(6-8)9(2)7-12(13)14/h4-6,9H,7H2,1-3H3. The average Bonchev–Trinajstić information content (AvgIpc) is 2.16. The molecule has 1 aromatic rings. The highest BCUT2D eigenvalue weighted by molar-refractivity contribution is 6.63. The van der Waals surface area contributed by atoms with Gasteiger partial charge in [-0.15, -0.1) is 0 Å². The molecular formula is C12H15ClO2. The lowest BCUT2D eigenvalue weighted by molar-refractivity contribution is -0.111. The summed E-state index contributed by atoms with van der Waals surface area (Å²) in [6.45, 7) is 3.98. The summed E-state index contributed by atoms with van der Waals surface area (Å²) in [7, 11) is 1.63. The van der Waals surface area contributed by atoms with Crippen LogP contribution in [0.1, 0.15) is 30.4 Å². The van der Waals surface area contributed by atoms with Gasteiger partial charge in [-0.05, 0) is 36.1 Å². The van der Waals surface area contributed by atoms with Crippen molar-refractivity contribution in [3.8, 4) is 5.75 Å². The van der Waals surface area contributed by atoms with Crippen LogP contribution in [-0.2, 0) is 4.79 Å². The molecule has 0 bridgehead atoms. The molecule has 0 aliphatic rings. The minimum absolute atomic E-state index is 0.0878. The van der Waals surface area contributed by atoms with Crippen LogP contribution >= 0.6 is 11.6 Å². The van der Waals surface area contributed by atoms with Gasteiger partial charge >= 0.3 is 0 Å². The van der Waals surface area contributed by atoms with E-state index in [4.69, 9.17) is 16.3 Å². The zero-order chi connectivity index (χ0) is 11.4. The molecule has 0 amide bonds. The number of rotatable bonds is 4. The Balaban J connectivity index is 2.99. The van der Waals surface area contributed by atoms with E-state index < -0.39 is 0 Å². The lowest BCUT2D eigenvalue weighted by Gasteiger charge is -2.14. The summed E-state index contributed by atoms with van der Waals surface area (Å²) in [5.74, 6) is 0.899. The second-order valence-electron chi connectivity index (χ2n) is 3.71. The summed E-state index contributed by atoms with van der Waals surface area (Å²) in [5.41, 5.74) is 2.19. The van der Waals surface area contributed by atoms with Crippen molar-refractivity contribution in [3.63, 3.8) is 0 Å². The van der Waals surface area contributed by atoms with Crippen LogP contribution in [0, 0.1) is 6.92 Å². The number of hydrogen-bond acceptors (Lipinski definition) is 2. The van der Waals surface area contributed by atoms with E-state index in [-0.39, 0.29) is 11.2 Å². The molecule has 0 heterocycles. The zero-order valence-electron chi connectivity index (χ0n) is 9.21. The second-order valence-corrected chi connectivity index (χ2v) is 4.13. The number of hydrogen-bond donors (Lipinski definition) is 0. The third-order valence-electron chi connectivity index (χ3n) is 2.38. The number of carbonyl (C=O) groups excluding carboxylic acids is 1. The van der Waals surface area contributed by atoms with Crippen LogP contribution in [0.25, 0.3) is 0 Å². The number of benzene rings is 1. The van der Waals surface area contributed by atoms with Crippen molar-refractivity contribution in [2.45, 2.75) is 26.2 Å². The molecule has 0 saturated heterocycles. The number of methoxy groups -OCH3 is 1. The maximum absolute atomic E-state index is 10.8. The van der Waals surface area contributed by atoms with Gasteiger partial charge in [0.15, 0.2) is 0 Å². The Bertz CT molecular complexity index is 361. The largest absolute Gasteiger partial charge is 0.496 e. The summed E-state index contributed by atoms with van der Waals surface area (Å²) >= 11 is 5.38. The molecule has 1 unspecified atom stereocenters. The summed E-state index contributed by atoms with van der Waals surface area (Å²) < 4.78 is 5.25. The van der Waals surface area contributed by atoms with Crippen LogP contribution < -0.4 is 4.74 Å². The van der Waals surface area contributed by atoms with Gasteiger partial charge < -0.3 is 4.74 Å². The molecule has 0 N–H and O–H groups in total. The monoisotopic (exact) mass is 226 g/mol. The van der Waals surface area contributed by atoms with E-state index in [0.29, 0.717) is 6.42 Å². The van der Waals surface area contributed by atoms with Gasteiger partial charge in [-0.2, -0.15) is 0 Å². The highest BCUT2D eigenvalue weighted by Gasteiger charge is 2.14. The van der Waals surface area contributed by atoms with E-state index >= 15 is 0 Å². The molecular weight excluding hydrogens is 212 g/mol. The smallest absolute Gasteiger partial charge is 0.222 e. The normalized spacial score (nSPS) is 12.3. The molecule has 0 radical (unpaired) electrons. The van der Waals surface area contributed by atoms with Gasteiger partial charge in [0.2, 0.25) is 5.24 Å². The zero-order valence-corrected chi connectivity index (χ0v) is 9.97. The summed E-state index contributed by atoms with van der Waals surface area (Å²) in [4.78, 5) is 10.8. The highest BCUT2D eigenvalue weighted by Crippen LogP contribution is 2.30. The van der Waals surface area contributed by atoms with Crippen LogP contribution in [0.4, 0.5) is 0 Å². The Morgan fingerprint density at radius 2 is 2.20 bits per heavy atom. The predicted molar refractivity (Wildman–Crippen MR) is 61.6 cm³/mol. The predicted octanol–water partition coefficient (Wildman–Crippen LogP) is 3.26. The van der Waals surface area contributed by atoms with Gasteiger partial charge in [0.05, 0.1) is 7.11 Å². The minimum Gasteiger partial charge on any atom is -0.496 e. The van der Waals surface area contributed by atoms with Gasteiger partial charge in [-0.1, -0.05) is 24.6 Å². The summed E-state index contributed by atoms with van der Waals surface area (Å²) in [6, 6.07) is 5.93. The molecule has 1 atom stereocenters. The first-order valence-electron chi connectivity index (χ1n) is 4.87. The van der Waals surface area contributed by atoms with E-state index in [1.165, 1.54) is 0 Å². The first kappa shape index (κ1) is 12.1. The van der Waals surface area contributed by atoms with Crippen molar-refractivity contribution in [3.05, 3.63) is 29.3 Å². The Kier molecular flexibility index (Phi) is 4.15. The minimum atomic E-state index is -0.314. The van der Waals surface area contributed by atoms with Crippen LogP contribution in [0.3, 0.4) is 0 Å². The van der Waals surface area contributed by atoms with Crippen molar-refractivity contribution in [1.29, 1.82) is 0 Å². The van der Waals surface area contributed by atoms with Gasteiger partial charge in [0.1, 0.15) is 5.75 Å². The molecule has 1 rings (SSSR count). The van der Waals surface area contributed by atoms with E-state index in [9.17, 15) is 4.79 Å². The van der Waals surface area contributed by atoms with Crippen LogP contribution in [0.5, 0.6) is 5.75 Å². The lowest BCUT2D eigenvalue weighted by atomic mass is 9.96.